The Morgan fingerprint density at radius 3 is 2.16 bits per heavy atom. The number of halogens is 2. The van der Waals surface area contributed by atoms with Gasteiger partial charge in [0.1, 0.15) is 11.8 Å². The minimum Gasteiger partial charge on any atom is -0.496 e. The number of nitrogens with zero attached hydrogens (tertiary/aromatic N) is 1. The van der Waals surface area contributed by atoms with Crippen LogP contribution in [0.2, 0.25) is 10.0 Å². The molecule has 0 fully saturated rings. The molecule has 9 heteroatoms. The van der Waals surface area contributed by atoms with Crippen molar-refractivity contribution in [1.29, 1.82) is 0 Å². The number of hydrogen-bond acceptors (Lipinski definition) is 4. The van der Waals surface area contributed by atoms with Gasteiger partial charge in [0.05, 0.1) is 35.1 Å². The number of nitrogens with one attached hydrogen (secondary N) is 1. The van der Waals surface area contributed by atoms with Crippen LogP contribution in [-0.2, 0) is 14.8 Å². The van der Waals surface area contributed by atoms with E-state index in [4.69, 9.17) is 27.9 Å². The minimum atomic E-state index is -3.77. The highest BCUT2D eigenvalue weighted by Crippen LogP contribution is 2.33. The number of anilines is 1. The highest BCUT2D eigenvalue weighted by atomic mass is 35.5. The van der Waals surface area contributed by atoms with Gasteiger partial charge in [-0.2, -0.15) is 0 Å². The number of rotatable bonds is 8. The van der Waals surface area contributed by atoms with Gasteiger partial charge in [-0.25, -0.2) is 8.42 Å². The van der Waals surface area contributed by atoms with Crippen LogP contribution in [0, 0.1) is 6.92 Å². The Morgan fingerprint density at radius 2 is 1.66 bits per heavy atom. The fraction of sp³-hybridized carbons (Fsp3) is 0.435. The summed E-state index contributed by atoms with van der Waals surface area (Å²) in [5.74, 6) is 0.604. The first-order valence-corrected chi connectivity index (χ1v) is 12.8. The first-order chi connectivity index (χ1) is 14.8. The summed E-state index contributed by atoms with van der Waals surface area (Å²) >= 11 is 12.0. The SMILES string of the molecule is COc1cc(C)c([C@@H](C)NC(=O)[C@@H](C)N(c2ccc(Cl)c(Cl)c2)S(C)(=O)=O)cc1C(C)C. The first-order valence-electron chi connectivity index (χ1n) is 10.2. The minimum absolute atomic E-state index is 0.203. The molecular weight excluding hydrogens is 471 g/mol. The van der Waals surface area contributed by atoms with E-state index in [0.717, 1.165) is 33.0 Å². The van der Waals surface area contributed by atoms with E-state index < -0.39 is 22.0 Å². The fourth-order valence-electron chi connectivity index (χ4n) is 3.65. The van der Waals surface area contributed by atoms with Crippen molar-refractivity contribution in [1.82, 2.24) is 5.32 Å². The second kappa shape index (κ2) is 10.3. The number of benzene rings is 2. The van der Waals surface area contributed by atoms with Crippen LogP contribution in [0.1, 0.15) is 56.3 Å². The van der Waals surface area contributed by atoms with Crippen molar-refractivity contribution in [3.8, 4) is 5.75 Å². The van der Waals surface area contributed by atoms with Gasteiger partial charge < -0.3 is 10.1 Å². The normalized spacial score (nSPS) is 13.6. The van der Waals surface area contributed by atoms with Crippen molar-refractivity contribution >= 4 is 44.8 Å². The molecule has 0 bridgehead atoms. The van der Waals surface area contributed by atoms with Crippen molar-refractivity contribution in [2.24, 2.45) is 0 Å². The molecule has 32 heavy (non-hydrogen) atoms. The Kier molecular flexibility index (Phi) is 8.48. The number of methoxy groups -OCH3 is 1. The molecule has 2 atom stereocenters. The van der Waals surface area contributed by atoms with Gasteiger partial charge in [0.25, 0.3) is 0 Å². The molecule has 1 N–H and O–H groups in total. The molecule has 2 rings (SSSR count). The predicted octanol–water partition coefficient (Wildman–Crippen LogP) is 5.47. The number of amides is 1. The zero-order chi connectivity index (χ0) is 24.4. The van der Waals surface area contributed by atoms with Gasteiger partial charge in [0.15, 0.2) is 0 Å². The lowest BCUT2D eigenvalue weighted by molar-refractivity contribution is -0.122. The second-order valence-corrected chi connectivity index (χ2v) is 10.8. The van der Waals surface area contributed by atoms with Crippen LogP contribution in [0.25, 0.3) is 0 Å². The summed E-state index contributed by atoms with van der Waals surface area (Å²) in [6.07, 6.45) is 1.05. The van der Waals surface area contributed by atoms with Crippen LogP contribution < -0.4 is 14.4 Å². The second-order valence-electron chi connectivity index (χ2n) is 8.17. The Balaban J connectivity index is 2.35. The number of hydrogen-bond donors (Lipinski definition) is 1. The molecule has 0 aromatic heterocycles. The average Bonchev–Trinajstić information content (AvgIpc) is 2.68. The van der Waals surface area contributed by atoms with E-state index in [1.165, 1.54) is 25.1 Å². The molecule has 0 saturated carbocycles. The highest BCUT2D eigenvalue weighted by molar-refractivity contribution is 7.92. The van der Waals surface area contributed by atoms with Gasteiger partial charge in [-0.3, -0.25) is 9.10 Å². The molecule has 176 valence electrons. The molecule has 0 aliphatic carbocycles. The van der Waals surface area contributed by atoms with Gasteiger partial charge in [-0.1, -0.05) is 37.0 Å². The molecule has 0 saturated heterocycles. The van der Waals surface area contributed by atoms with Gasteiger partial charge >= 0.3 is 0 Å². The van der Waals surface area contributed by atoms with E-state index in [2.05, 4.69) is 19.2 Å². The molecule has 0 aliphatic rings. The smallest absolute Gasteiger partial charge is 0.244 e. The van der Waals surface area contributed by atoms with Gasteiger partial charge in [0.2, 0.25) is 15.9 Å². The van der Waals surface area contributed by atoms with Crippen LogP contribution in [-0.4, -0.2) is 33.7 Å². The quantitative estimate of drug-likeness (QED) is 0.521. The molecule has 0 unspecified atom stereocenters. The summed E-state index contributed by atoms with van der Waals surface area (Å²) in [6, 6.07) is 7.08. The van der Waals surface area contributed by atoms with Crippen LogP contribution in [0.4, 0.5) is 5.69 Å². The van der Waals surface area contributed by atoms with E-state index in [1.807, 2.05) is 26.0 Å². The molecule has 2 aromatic carbocycles. The van der Waals surface area contributed by atoms with E-state index >= 15 is 0 Å². The van der Waals surface area contributed by atoms with E-state index in [-0.39, 0.29) is 22.7 Å². The standard InChI is InChI=1S/C23H30Cl2N2O4S/c1-13(2)18-12-19(14(3)10-22(18)31-6)15(4)26-23(28)16(5)27(32(7,29)30)17-8-9-20(24)21(25)11-17/h8-13,15-16H,1-7H3,(H,26,28)/t15-,16-/m1/s1. The van der Waals surface area contributed by atoms with E-state index in [1.54, 1.807) is 7.11 Å². The fourth-order valence-corrected chi connectivity index (χ4v) is 5.11. The maximum atomic E-state index is 13.1. The third kappa shape index (κ3) is 5.88. The van der Waals surface area contributed by atoms with Crippen LogP contribution in [0.15, 0.2) is 30.3 Å². The van der Waals surface area contributed by atoms with Crippen molar-refractivity contribution in [2.45, 2.75) is 52.6 Å². The largest absolute Gasteiger partial charge is 0.496 e. The lowest BCUT2D eigenvalue weighted by Gasteiger charge is -2.30. The first kappa shape index (κ1) is 26.3. The summed E-state index contributed by atoms with van der Waals surface area (Å²) in [6.45, 7) is 9.50. The summed E-state index contributed by atoms with van der Waals surface area (Å²) < 4.78 is 31.6. The molecule has 0 heterocycles. The Hall–Kier alpha value is -1.96. The number of ether oxygens (including phenoxy) is 1. The van der Waals surface area contributed by atoms with Crippen molar-refractivity contribution in [2.75, 3.05) is 17.7 Å². The monoisotopic (exact) mass is 500 g/mol. The third-order valence-corrected chi connectivity index (χ3v) is 7.29. The predicted molar refractivity (Wildman–Crippen MR) is 132 cm³/mol. The van der Waals surface area contributed by atoms with Gasteiger partial charge in [0, 0.05) is 0 Å². The average molecular weight is 501 g/mol. The number of carbonyl (C=O) groups excluding carboxylic acids is 1. The van der Waals surface area contributed by atoms with Crippen molar-refractivity contribution in [3.05, 3.63) is 57.1 Å². The van der Waals surface area contributed by atoms with Crippen molar-refractivity contribution < 1.29 is 17.9 Å². The van der Waals surface area contributed by atoms with E-state index in [9.17, 15) is 13.2 Å². The van der Waals surface area contributed by atoms with Gasteiger partial charge in [-0.15, -0.1) is 0 Å². The summed E-state index contributed by atoms with van der Waals surface area (Å²) in [7, 11) is -2.14. The number of aryl methyl sites for hydroxylation is 1. The van der Waals surface area contributed by atoms with Crippen LogP contribution in [0.3, 0.4) is 0 Å². The Bertz CT molecular complexity index is 1100. The summed E-state index contributed by atoms with van der Waals surface area (Å²) in [4.78, 5) is 13.1. The maximum Gasteiger partial charge on any atom is 0.244 e. The van der Waals surface area contributed by atoms with Crippen molar-refractivity contribution in [3.63, 3.8) is 0 Å². The maximum absolute atomic E-state index is 13.1. The molecular formula is C23H30Cl2N2O4S. The molecule has 0 aliphatic heterocycles. The molecule has 6 nitrogen and oxygen atoms in total. The summed E-state index contributed by atoms with van der Waals surface area (Å²) in [5.41, 5.74) is 3.21. The number of carbonyl (C=O) groups is 1. The highest BCUT2D eigenvalue weighted by Gasteiger charge is 2.30. The molecule has 2 aromatic rings. The van der Waals surface area contributed by atoms with Crippen LogP contribution in [0.5, 0.6) is 5.75 Å². The zero-order valence-electron chi connectivity index (χ0n) is 19.4. The van der Waals surface area contributed by atoms with Gasteiger partial charge in [-0.05, 0) is 73.7 Å². The molecule has 0 spiro atoms. The Morgan fingerprint density at radius 1 is 1.03 bits per heavy atom. The number of sulfonamides is 1. The topological polar surface area (TPSA) is 75.7 Å². The molecule has 1 amide bonds. The Labute approximate surface area is 200 Å². The van der Waals surface area contributed by atoms with E-state index in [0.29, 0.717) is 5.02 Å². The third-order valence-electron chi connectivity index (χ3n) is 5.31. The lowest BCUT2D eigenvalue weighted by atomic mass is 9.93. The zero-order valence-corrected chi connectivity index (χ0v) is 21.7. The summed E-state index contributed by atoms with van der Waals surface area (Å²) in [5, 5.41) is 3.44. The molecule has 0 radical (unpaired) electrons. The van der Waals surface area contributed by atoms with Crippen LogP contribution >= 0.6 is 23.2 Å². The lowest BCUT2D eigenvalue weighted by Crippen LogP contribution is -2.48.